The zero-order valence-corrected chi connectivity index (χ0v) is 30.8. The summed E-state index contributed by atoms with van der Waals surface area (Å²) in [5.74, 6) is -0.499. The van der Waals surface area contributed by atoms with Crippen LogP contribution in [0.4, 0.5) is 0 Å². The second kappa shape index (κ2) is 14.5. The zero-order chi connectivity index (χ0) is 37.5. The molecule has 5 aromatic carbocycles. The summed E-state index contributed by atoms with van der Waals surface area (Å²) in [5, 5.41) is 48.5. The van der Waals surface area contributed by atoms with Gasteiger partial charge in [0.15, 0.2) is 0 Å². The Morgan fingerprint density at radius 2 is 0.981 bits per heavy atom. The highest BCUT2D eigenvalue weighted by Gasteiger charge is 2.22. The predicted molar refractivity (Wildman–Crippen MR) is 194 cm³/mol. The molecule has 0 spiro atoms. The molecule has 5 aromatic rings. The summed E-state index contributed by atoms with van der Waals surface area (Å²) in [4.78, 5) is -1.24. The highest BCUT2D eigenvalue weighted by Crippen LogP contribution is 2.40. The van der Waals surface area contributed by atoms with Crippen molar-refractivity contribution in [2.45, 2.75) is 55.2 Å². The van der Waals surface area contributed by atoms with Crippen LogP contribution in [-0.2, 0) is 52.3 Å². The molecule has 13 heteroatoms. The van der Waals surface area contributed by atoms with Gasteiger partial charge in [-0.25, -0.2) is 16.8 Å². The number of fused-ring (bicyclic) bond motifs is 8. The van der Waals surface area contributed by atoms with Crippen LogP contribution in [0.15, 0.2) is 82.6 Å². The van der Waals surface area contributed by atoms with E-state index in [0.29, 0.717) is 11.1 Å². The third kappa shape index (κ3) is 7.93. The van der Waals surface area contributed by atoms with Gasteiger partial charge >= 0.3 is 0 Å². The monoisotopic (exact) mass is 759 g/mol. The smallest absolute Gasteiger partial charge is 0.124 e. The minimum atomic E-state index is -5.03. The van der Waals surface area contributed by atoms with Crippen molar-refractivity contribution in [3.05, 3.63) is 128 Å². The van der Waals surface area contributed by atoms with E-state index in [0.717, 1.165) is 54.0 Å². The van der Waals surface area contributed by atoms with Gasteiger partial charge in [-0.3, -0.25) is 0 Å². The Hall–Kier alpha value is -4.53. The number of aromatic hydroxyl groups is 3. The average Bonchev–Trinajstić information content (AvgIpc) is 3.07. The second-order valence-electron chi connectivity index (χ2n) is 13.1. The summed E-state index contributed by atoms with van der Waals surface area (Å²) in [6.45, 7) is 1.71. The van der Waals surface area contributed by atoms with Crippen LogP contribution >= 0.6 is 11.8 Å². The van der Waals surface area contributed by atoms with E-state index in [1.54, 1.807) is 43.0 Å². The van der Waals surface area contributed by atoms with E-state index in [-0.39, 0.29) is 87.4 Å². The van der Waals surface area contributed by atoms with Crippen LogP contribution in [0.1, 0.15) is 62.1 Å². The van der Waals surface area contributed by atoms with Crippen molar-refractivity contribution in [2.75, 3.05) is 12.0 Å². The Balaban J connectivity index is 1.62. The number of hydrogen-bond acceptors (Lipinski definition) is 11. The number of rotatable bonds is 7. The normalized spacial score (nSPS) is 13.2. The van der Waals surface area contributed by atoms with E-state index in [4.69, 9.17) is 0 Å². The number of phenols is 3. The largest absolute Gasteiger partial charge is 0.872 e. The Morgan fingerprint density at radius 1 is 0.596 bits per heavy atom. The molecule has 8 bridgehead atoms. The molecule has 0 aliphatic heterocycles. The second-order valence-corrected chi connectivity index (χ2v) is 16.9. The lowest BCUT2D eigenvalue weighted by molar-refractivity contribution is -0.270. The highest BCUT2D eigenvalue weighted by molar-refractivity contribution is 7.98. The molecule has 0 aromatic heterocycles. The van der Waals surface area contributed by atoms with Crippen molar-refractivity contribution in [1.82, 2.24) is 0 Å². The predicted octanol–water partition coefficient (Wildman–Crippen LogP) is 5.63. The summed E-state index contributed by atoms with van der Waals surface area (Å²) in [7, 11) is -10.0. The van der Waals surface area contributed by atoms with Crippen LogP contribution in [0.3, 0.4) is 0 Å². The fraction of sp³-hybridized carbons (Fsp3) is 0.231. The third-order valence-electron chi connectivity index (χ3n) is 9.34. The third-order valence-corrected chi connectivity index (χ3v) is 11.7. The molecule has 10 nitrogen and oxygen atoms in total. The topological polar surface area (TPSA) is 198 Å². The van der Waals surface area contributed by atoms with Crippen molar-refractivity contribution in [3.63, 3.8) is 0 Å². The van der Waals surface area contributed by atoms with Crippen LogP contribution in [0, 0.1) is 6.92 Å². The Morgan fingerprint density at radius 3 is 1.40 bits per heavy atom. The number of benzene rings is 5. The quantitative estimate of drug-likeness (QED) is 0.135. The first kappa shape index (κ1) is 37.2. The standard InChI is InChI=1S/C39H38O10S3/c1-22-10-26-14-30-18-34(51(44,45)46)20-32(38(30)42)16-28-12-25(24-7-5-23(6-8-24)4-3-9-50-2)13-29(37(28)41)17-33-21-35(52(47,48)49)19-31(39(33)43)15-27(11-22)36(26)40/h5-8,10-13,18-21,40-43H,3-4,9,14-17H2,1-2H3,(H,44,45,46)(H,47,48,49)/p-3. The van der Waals surface area contributed by atoms with Gasteiger partial charge < -0.3 is 29.5 Å². The van der Waals surface area contributed by atoms with E-state index >= 15 is 0 Å². The fourth-order valence-corrected chi connectivity index (χ4v) is 8.36. The first-order chi connectivity index (χ1) is 24.5. The van der Waals surface area contributed by atoms with E-state index < -0.39 is 35.8 Å². The maximum absolute atomic E-state index is 14.0. The maximum atomic E-state index is 14.0. The van der Waals surface area contributed by atoms with Crippen molar-refractivity contribution >= 4 is 32.0 Å². The minimum Gasteiger partial charge on any atom is -0.872 e. The fourth-order valence-electron chi connectivity index (χ4n) is 6.78. The molecule has 0 radical (unpaired) electrons. The summed E-state index contributed by atoms with van der Waals surface area (Å²) in [6, 6.07) is 18.3. The summed E-state index contributed by atoms with van der Waals surface area (Å²) in [5.41, 5.74) is 3.81. The molecule has 52 heavy (non-hydrogen) atoms. The summed E-state index contributed by atoms with van der Waals surface area (Å²) < 4.78 is 73.9. The molecule has 0 fully saturated rings. The maximum Gasteiger partial charge on any atom is 0.124 e. The molecule has 0 unspecified atom stereocenters. The van der Waals surface area contributed by atoms with Gasteiger partial charge in [-0.15, -0.1) is 5.75 Å². The average molecular weight is 760 g/mol. The van der Waals surface area contributed by atoms with Crippen molar-refractivity contribution < 1.29 is 46.4 Å². The van der Waals surface area contributed by atoms with Gasteiger partial charge in [0.05, 0.1) is 9.79 Å². The molecule has 0 saturated heterocycles. The summed E-state index contributed by atoms with van der Waals surface area (Å²) >= 11 is 1.76. The first-order valence-electron chi connectivity index (χ1n) is 16.4. The molecule has 0 atom stereocenters. The van der Waals surface area contributed by atoms with Crippen molar-refractivity contribution in [2.24, 2.45) is 0 Å². The van der Waals surface area contributed by atoms with Gasteiger partial charge in [0.1, 0.15) is 37.5 Å². The van der Waals surface area contributed by atoms with Crippen LogP contribution in [0.25, 0.3) is 11.1 Å². The highest BCUT2D eigenvalue weighted by atomic mass is 32.2. The Labute approximate surface area is 306 Å². The molecule has 1 aliphatic rings. The van der Waals surface area contributed by atoms with Gasteiger partial charge in [-0.1, -0.05) is 42.0 Å². The molecule has 3 N–H and O–H groups in total. The lowest BCUT2D eigenvalue weighted by atomic mass is 9.89. The molecule has 0 heterocycles. The lowest BCUT2D eigenvalue weighted by Gasteiger charge is -2.24. The van der Waals surface area contributed by atoms with Crippen LogP contribution in [-0.4, -0.2) is 53.3 Å². The number of aryl methyl sites for hydroxylation is 2. The molecule has 0 saturated carbocycles. The van der Waals surface area contributed by atoms with Crippen LogP contribution in [0.5, 0.6) is 23.0 Å². The van der Waals surface area contributed by atoms with Crippen LogP contribution in [0.2, 0.25) is 0 Å². The van der Waals surface area contributed by atoms with E-state index in [1.165, 1.54) is 0 Å². The first-order valence-corrected chi connectivity index (χ1v) is 20.6. The van der Waals surface area contributed by atoms with Gasteiger partial charge in [-0.05, 0) is 129 Å². The molecule has 6 rings (SSSR count). The van der Waals surface area contributed by atoms with Gasteiger partial charge in [0.25, 0.3) is 0 Å². The number of hydrogen-bond donors (Lipinski definition) is 3. The van der Waals surface area contributed by atoms with Gasteiger partial charge in [-0.2, -0.15) is 11.8 Å². The molecular weight excluding hydrogens is 725 g/mol. The van der Waals surface area contributed by atoms with E-state index in [9.17, 15) is 46.4 Å². The van der Waals surface area contributed by atoms with E-state index in [2.05, 4.69) is 0 Å². The molecule has 0 amide bonds. The number of phenolic OH excluding ortho intramolecular Hbond substituents is 3. The Kier molecular flexibility index (Phi) is 10.4. The van der Waals surface area contributed by atoms with Crippen molar-refractivity contribution in [1.29, 1.82) is 0 Å². The lowest BCUT2D eigenvalue weighted by Crippen LogP contribution is -2.09. The Bertz CT molecular complexity index is 2280. The van der Waals surface area contributed by atoms with Gasteiger partial charge in [0.2, 0.25) is 0 Å². The van der Waals surface area contributed by atoms with Crippen LogP contribution < -0.4 is 5.11 Å². The van der Waals surface area contributed by atoms with E-state index in [1.807, 2.05) is 30.5 Å². The molecular formula is C39H35O10S3-3. The summed E-state index contributed by atoms with van der Waals surface area (Å²) in [6.07, 6.45) is 2.87. The van der Waals surface area contributed by atoms with Crippen molar-refractivity contribution in [3.8, 4) is 34.1 Å². The molecule has 272 valence electrons. The zero-order valence-electron chi connectivity index (χ0n) is 28.3. The molecule has 1 aliphatic carbocycles. The SMILES string of the molecule is CSCCCc1ccc(-c2cc3c(O)c(c2)Cc2cc(S(=O)(=O)[O-])cc(c2O)Cc2cc(C)cc(c2O)Cc2cc(S(=O)(=O)[O-])cc(c2[O-])C3)cc1. The number of thioether (sulfide) groups is 1. The minimum absolute atomic E-state index is 0.0140. The van der Waals surface area contributed by atoms with Gasteiger partial charge in [0, 0.05) is 25.7 Å².